The predicted molar refractivity (Wildman–Crippen MR) is 86.5 cm³/mol. The average molecular weight is 357 g/mol. The molecule has 0 bridgehead atoms. The van der Waals surface area contributed by atoms with Gasteiger partial charge in [-0.2, -0.15) is 18.2 Å². The van der Waals surface area contributed by atoms with Crippen molar-refractivity contribution < 1.29 is 22.3 Å². The molecule has 1 aromatic carbocycles. The Bertz CT molecular complexity index is 707. The fourth-order valence-corrected chi connectivity index (χ4v) is 2.20. The Labute approximate surface area is 143 Å². The van der Waals surface area contributed by atoms with E-state index in [1.807, 2.05) is 6.92 Å². The molecule has 0 unspecified atom stereocenters. The van der Waals surface area contributed by atoms with E-state index in [1.54, 1.807) is 0 Å². The van der Waals surface area contributed by atoms with E-state index < -0.39 is 23.4 Å². The van der Waals surface area contributed by atoms with Gasteiger partial charge in [0.2, 0.25) is 0 Å². The van der Waals surface area contributed by atoms with E-state index in [1.165, 1.54) is 25.2 Å². The zero-order valence-electron chi connectivity index (χ0n) is 14.0. The lowest BCUT2D eigenvalue weighted by molar-refractivity contribution is -0.137. The Morgan fingerprint density at radius 3 is 2.60 bits per heavy atom. The molecule has 0 spiro atoms. The molecule has 0 saturated heterocycles. The average Bonchev–Trinajstić information content (AvgIpc) is 2.57. The van der Waals surface area contributed by atoms with E-state index in [0.29, 0.717) is 12.8 Å². The van der Waals surface area contributed by atoms with Gasteiger partial charge in [-0.15, -0.1) is 0 Å². The highest BCUT2D eigenvalue weighted by Gasteiger charge is 2.36. The Morgan fingerprint density at radius 2 is 1.96 bits per heavy atom. The minimum Gasteiger partial charge on any atom is -0.463 e. The zero-order valence-corrected chi connectivity index (χ0v) is 14.0. The normalized spacial score (nSPS) is 11.4. The van der Waals surface area contributed by atoms with Crippen LogP contribution in [0.5, 0.6) is 6.01 Å². The SMILES string of the molecule is CCCCCOc1ncc(C(F)(F)F)c(N(C)c2cccc(F)c2)n1. The maximum atomic E-state index is 13.4. The molecule has 0 saturated carbocycles. The van der Waals surface area contributed by atoms with Crippen LogP contribution in [0.2, 0.25) is 0 Å². The van der Waals surface area contributed by atoms with E-state index in [2.05, 4.69) is 9.97 Å². The van der Waals surface area contributed by atoms with Crippen LogP contribution in [0.15, 0.2) is 30.5 Å². The lowest BCUT2D eigenvalue weighted by Gasteiger charge is -2.22. The van der Waals surface area contributed by atoms with E-state index in [9.17, 15) is 17.6 Å². The highest BCUT2D eigenvalue weighted by molar-refractivity contribution is 5.62. The number of aromatic nitrogens is 2. The maximum absolute atomic E-state index is 13.4. The van der Waals surface area contributed by atoms with Crippen molar-refractivity contribution in [2.45, 2.75) is 32.4 Å². The van der Waals surface area contributed by atoms with E-state index >= 15 is 0 Å². The Hall–Kier alpha value is -2.38. The molecule has 2 aromatic rings. The Morgan fingerprint density at radius 1 is 1.20 bits per heavy atom. The number of nitrogens with zero attached hydrogens (tertiary/aromatic N) is 3. The molecule has 0 radical (unpaired) electrons. The van der Waals surface area contributed by atoms with Crippen LogP contribution in [0.4, 0.5) is 29.1 Å². The molecule has 0 N–H and O–H groups in total. The second kappa shape index (κ2) is 8.13. The molecule has 1 aromatic heterocycles. The molecule has 0 amide bonds. The zero-order chi connectivity index (χ0) is 18.4. The summed E-state index contributed by atoms with van der Waals surface area (Å²) in [5.41, 5.74) is -0.777. The van der Waals surface area contributed by atoms with Gasteiger partial charge < -0.3 is 9.64 Å². The Kier molecular flexibility index (Phi) is 6.17. The number of anilines is 2. The van der Waals surface area contributed by atoms with Crippen molar-refractivity contribution in [1.29, 1.82) is 0 Å². The maximum Gasteiger partial charge on any atom is 0.421 e. The summed E-state index contributed by atoms with van der Waals surface area (Å²) in [6, 6.07) is 5.11. The first-order valence-corrected chi connectivity index (χ1v) is 7.89. The largest absolute Gasteiger partial charge is 0.463 e. The van der Waals surface area contributed by atoms with Gasteiger partial charge >= 0.3 is 12.2 Å². The number of hydrogen-bond donors (Lipinski definition) is 0. The van der Waals surface area contributed by atoms with Crippen LogP contribution in [0.25, 0.3) is 0 Å². The van der Waals surface area contributed by atoms with Crippen LogP contribution < -0.4 is 9.64 Å². The summed E-state index contributed by atoms with van der Waals surface area (Å²) in [6.45, 7) is 2.35. The van der Waals surface area contributed by atoms with Crippen molar-refractivity contribution in [3.8, 4) is 6.01 Å². The minimum atomic E-state index is -4.64. The van der Waals surface area contributed by atoms with Crippen molar-refractivity contribution in [2.75, 3.05) is 18.6 Å². The third kappa shape index (κ3) is 5.04. The van der Waals surface area contributed by atoms with Crippen molar-refractivity contribution in [3.63, 3.8) is 0 Å². The number of alkyl halides is 3. The van der Waals surface area contributed by atoms with Crippen molar-refractivity contribution in [1.82, 2.24) is 9.97 Å². The standard InChI is InChI=1S/C17H19F4N3O/c1-3-4-5-9-25-16-22-11-14(17(19,20)21)15(23-16)24(2)13-8-6-7-12(18)10-13/h6-8,10-11H,3-5,9H2,1-2H3. The monoisotopic (exact) mass is 357 g/mol. The van der Waals surface area contributed by atoms with Gasteiger partial charge in [0, 0.05) is 18.9 Å². The van der Waals surface area contributed by atoms with Gasteiger partial charge in [-0.1, -0.05) is 25.8 Å². The van der Waals surface area contributed by atoms with E-state index in [4.69, 9.17) is 4.74 Å². The molecule has 0 atom stereocenters. The number of benzene rings is 1. The van der Waals surface area contributed by atoms with E-state index in [-0.39, 0.29) is 11.7 Å². The summed E-state index contributed by atoms with van der Waals surface area (Å²) in [5.74, 6) is -0.943. The van der Waals surface area contributed by atoms with Crippen LogP contribution in [-0.2, 0) is 6.18 Å². The van der Waals surface area contributed by atoms with Crippen LogP contribution >= 0.6 is 0 Å². The van der Waals surface area contributed by atoms with Crippen LogP contribution in [-0.4, -0.2) is 23.6 Å². The number of hydrogen-bond acceptors (Lipinski definition) is 4. The molecule has 0 aliphatic carbocycles. The van der Waals surface area contributed by atoms with Crippen molar-refractivity contribution in [3.05, 3.63) is 41.8 Å². The summed E-state index contributed by atoms with van der Waals surface area (Å²) in [6.07, 6.45) is -1.26. The molecule has 0 fully saturated rings. The minimum absolute atomic E-state index is 0.137. The Balaban J connectivity index is 2.34. The molecular formula is C17H19F4N3O. The highest BCUT2D eigenvalue weighted by Crippen LogP contribution is 2.37. The van der Waals surface area contributed by atoms with Gasteiger partial charge in [-0.3, -0.25) is 0 Å². The lowest BCUT2D eigenvalue weighted by Crippen LogP contribution is -2.19. The topological polar surface area (TPSA) is 38.2 Å². The molecule has 4 nitrogen and oxygen atoms in total. The summed E-state index contributed by atoms with van der Waals surface area (Å²) in [7, 11) is 1.38. The third-order valence-electron chi connectivity index (χ3n) is 3.54. The second-order valence-electron chi connectivity index (χ2n) is 5.48. The van der Waals surface area contributed by atoms with Crippen molar-refractivity contribution >= 4 is 11.5 Å². The highest BCUT2D eigenvalue weighted by atomic mass is 19.4. The first-order valence-electron chi connectivity index (χ1n) is 7.89. The molecule has 8 heteroatoms. The van der Waals surface area contributed by atoms with Crippen LogP contribution in [0, 0.1) is 5.82 Å². The number of rotatable bonds is 7. The van der Waals surface area contributed by atoms with Gasteiger partial charge in [0.25, 0.3) is 0 Å². The fourth-order valence-electron chi connectivity index (χ4n) is 2.20. The molecule has 25 heavy (non-hydrogen) atoms. The summed E-state index contributed by atoms with van der Waals surface area (Å²) < 4.78 is 58.5. The predicted octanol–water partition coefficient (Wildman–Crippen LogP) is 4.97. The third-order valence-corrected chi connectivity index (χ3v) is 3.54. The molecule has 136 valence electrons. The van der Waals surface area contributed by atoms with Gasteiger partial charge in [0.1, 0.15) is 11.4 Å². The van der Waals surface area contributed by atoms with Crippen LogP contribution in [0.1, 0.15) is 31.7 Å². The second-order valence-corrected chi connectivity index (χ2v) is 5.48. The first kappa shape index (κ1) is 19.0. The molecule has 1 heterocycles. The number of halogens is 4. The van der Waals surface area contributed by atoms with E-state index in [0.717, 1.165) is 30.2 Å². The smallest absolute Gasteiger partial charge is 0.421 e. The molecular weight excluding hydrogens is 338 g/mol. The van der Waals surface area contributed by atoms with Crippen LogP contribution in [0.3, 0.4) is 0 Å². The fraction of sp³-hybridized carbons (Fsp3) is 0.412. The van der Waals surface area contributed by atoms with Gasteiger partial charge in [-0.05, 0) is 24.6 Å². The van der Waals surface area contributed by atoms with Gasteiger partial charge in [-0.25, -0.2) is 9.37 Å². The molecule has 2 rings (SSSR count). The summed E-state index contributed by atoms with van der Waals surface area (Å²) in [5, 5.41) is 0. The summed E-state index contributed by atoms with van der Waals surface area (Å²) >= 11 is 0. The van der Waals surface area contributed by atoms with Crippen molar-refractivity contribution in [2.24, 2.45) is 0 Å². The number of unbranched alkanes of at least 4 members (excludes halogenated alkanes) is 2. The lowest BCUT2D eigenvalue weighted by atomic mass is 10.2. The van der Waals surface area contributed by atoms with Gasteiger partial charge in [0.15, 0.2) is 5.82 Å². The first-order chi connectivity index (χ1) is 11.8. The van der Waals surface area contributed by atoms with Gasteiger partial charge in [0.05, 0.1) is 6.61 Å². The number of ether oxygens (including phenoxy) is 1. The molecule has 0 aliphatic rings. The summed E-state index contributed by atoms with van der Waals surface area (Å²) in [4.78, 5) is 8.70. The quantitative estimate of drug-likeness (QED) is 0.518. The molecule has 0 aliphatic heterocycles.